The molecule has 0 spiro atoms. The van der Waals surface area contributed by atoms with Crippen LogP contribution in [0, 0.1) is 5.82 Å². The maximum Gasteiger partial charge on any atom is 0.243 e. The Morgan fingerprint density at radius 1 is 1.52 bits per heavy atom. The second-order valence-corrected chi connectivity index (χ2v) is 7.86. The van der Waals surface area contributed by atoms with Crippen LogP contribution in [0.1, 0.15) is 18.4 Å². The number of likely N-dealkylation sites (tertiary alicyclic amines) is 1. The van der Waals surface area contributed by atoms with Crippen LogP contribution in [0.25, 0.3) is 0 Å². The summed E-state index contributed by atoms with van der Waals surface area (Å²) in [5.41, 5.74) is 5.61. The monoisotopic (exact) mass is 379 g/mol. The molecule has 0 aliphatic carbocycles. The van der Waals surface area contributed by atoms with E-state index in [4.69, 9.17) is 5.73 Å². The van der Waals surface area contributed by atoms with Gasteiger partial charge in [-0.1, -0.05) is 15.9 Å². The van der Waals surface area contributed by atoms with E-state index in [1.807, 2.05) is 7.05 Å². The number of likely N-dealkylation sites (N-methyl/N-ethyl adjacent to an activating group) is 1. The summed E-state index contributed by atoms with van der Waals surface area (Å²) in [7, 11) is -1.94. The van der Waals surface area contributed by atoms with Gasteiger partial charge in [0.25, 0.3) is 0 Å². The molecule has 0 bridgehead atoms. The van der Waals surface area contributed by atoms with Crippen molar-refractivity contribution in [1.29, 1.82) is 0 Å². The standard InChI is InChI=1S/C13H19BrFN3O2S/c1-18-4-2-3-11(18)8-17-21(19,20)12-6-10(14)5-9(7-16)13(12)15/h5-6,11,17H,2-4,7-8,16H2,1H3. The van der Waals surface area contributed by atoms with Crippen LogP contribution in [0.2, 0.25) is 0 Å². The molecule has 1 atom stereocenters. The average molecular weight is 380 g/mol. The second-order valence-electron chi connectivity index (χ2n) is 5.21. The van der Waals surface area contributed by atoms with Gasteiger partial charge in [-0.3, -0.25) is 0 Å². The zero-order valence-electron chi connectivity index (χ0n) is 11.8. The van der Waals surface area contributed by atoms with Crippen LogP contribution in [0.15, 0.2) is 21.5 Å². The number of nitrogens with zero attached hydrogens (tertiary/aromatic N) is 1. The molecule has 5 nitrogen and oxygen atoms in total. The van der Waals surface area contributed by atoms with Gasteiger partial charge >= 0.3 is 0 Å². The molecule has 1 fully saturated rings. The van der Waals surface area contributed by atoms with Gasteiger partial charge in [0.05, 0.1) is 0 Å². The Labute approximate surface area is 132 Å². The first-order valence-corrected chi connectivity index (χ1v) is 9.00. The Balaban J connectivity index is 2.21. The largest absolute Gasteiger partial charge is 0.326 e. The summed E-state index contributed by atoms with van der Waals surface area (Å²) in [4.78, 5) is 1.74. The van der Waals surface area contributed by atoms with Gasteiger partial charge in [-0.25, -0.2) is 17.5 Å². The second kappa shape index (κ2) is 6.70. The maximum atomic E-state index is 14.2. The van der Waals surface area contributed by atoms with E-state index in [-0.39, 0.29) is 29.6 Å². The molecule has 1 unspecified atom stereocenters. The number of hydrogen-bond donors (Lipinski definition) is 2. The lowest BCUT2D eigenvalue weighted by Gasteiger charge is -2.20. The third kappa shape index (κ3) is 3.81. The highest BCUT2D eigenvalue weighted by atomic mass is 79.9. The van der Waals surface area contributed by atoms with Crippen LogP contribution in [0.5, 0.6) is 0 Å². The van der Waals surface area contributed by atoms with E-state index in [0.29, 0.717) is 4.47 Å². The summed E-state index contributed by atoms with van der Waals surface area (Å²) in [5, 5.41) is 0. The summed E-state index contributed by atoms with van der Waals surface area (Å²) in [5.74, 6) is -0.784. The zero-order chi connectivity index (χ0) is 15.6. The number of sulfonamides is 1. The van der Waals surface area contributed by atoms with E-state index >= 15 is 0 Å². The predicted molar refractivity (Wildman–Crippen MR) is 82.8 cm³/mol. The van der Waals surface area contributed by atoms with Gasteiger partial charge in [0.1, 0.15) is 10.7 Å². The molecule has 21 heavy (non-hydrogen) atoms. The van der Waals surface area contributed by atoms with E-state index in [9.17, 15) is 12.8 Å². The van der Waals surface area contributed by atoms with Crippen molar-refractivity contribution >= 4 is 26.0 Å². The van der Waals surface area contributed by atoms with Crippen LogP contribution >= 0.6 is 15.9 Å². The van der Waals surface area contributed by atoms with Crippen LogP contribution in [0.4, 0.5) is 4.39 Å². The topological polar surface area (TPSA) is 75.4 Å². The average Bonchev–Trinajstić information content (AvgIpc) is 2.84. The summed E-state index contributed by atoms with van der Waals surface area (Å²) in [6, 6.07) is 2.90. The summed E-state index contributed by atoms with van der Waals surface area (Å²) < 4.78 is 41.8. The summed E-state index contributed by atoms with van der Waals surface area (Å²) in [6.45, 7) is 1.18. The van der Waals surface area contributed by atoms with Crippen molar-refractivity contribution in [3.63, 3.8) is 0 Å². The van der Waals surface area contributed by atoms with Crippen molar-refractivity contribution in [2.75, 3.05) is 20.1 Å². The molecule has 3 N–H and O–H groups in total. The van der Waals surface area contributed by atoms with Gasteiger partial charge in [-0.2, -0.15) is 0 Å². The molecule has 1 saturated heterocycles. The molecule has 1 aliphatic rings. The lowest BCUT2D eigenvalue weighted by molar-refractivity contribution is 0.310. The number of rotatable bonds is 5. The quantitative estimate of drug-likeness (QED) is 0.810. The molecule has 0 saturated carbocycles. The maximum absolute atomic E-state index is 14.2. The predicted octanol–water partition coefficient (Wildman–Crippen LogP) is 1.42. The first-order chi connectivity index (χ1) is 9.85. The zero-order valence-corrected chi connectivity index (χ0v) is 14.2. The molecule has 1 aromatic carbocycles. The number of benzene rings is 1. The van der Waals surface area contributed by atoms with Crippen LogP contribution in [0.3, 0.4) is 0 Å². The smallest absolute Gasteiger partial charge is 0.243 e. The van der Waals surface area contributed by atoms with Crippen molar-refractivity contribution in [2.45, 2.75) is 30.3 Å². The highest BCUT2D eigenvalue weighted by Crippen LogP contribution is 2.24. The fraction of sp³-hybridized carbons (Fsp3) is 0.538. The molecule has 1 aliphatic heterocycles. The lowest BCUT2D eigenvalue weighted by atomic mass is 10.2. The van der Waals surface area contributed by atoms with E-state index < -0.39 is 15.8 Å². The summed E-state index contributed by atoms with van der Waals surface area (Å²) >= 11 is 3.18. The first-order valence-electron chi connectivity index (χ1n) is 6.73. The van der Waals surface area contributed by atoms with Crippen LogP contribution < -0.4 is 10.5 Å². The third-order valence-corrected chi connectivity index (χ3v) is 5.65. The Bertz CT molecular complexity index is 624. The molecule has 8 heteroatoms. The van der Waals surface area contributed by atoms with Gasteiger partial charge in [0.15, 0.2) is 0 Å². The Kier molecular flexibility index (Phi) is 5.37. The fourth-order valence-corrected chi connectivity index (χ4v) is 4.36. The van der Waals surface area contributed by atoms with Crippen molar-refractivity contribution in [3.8, 4) is 0 Å². The van der Waals surface area contributed by atoms with E-state index in [0.717, 1.165) is 19.4 Å². The van der Waals surface area contributed by atoms with E-state index in [1.165, 1.54) is 12.1 Å². The minimum Gasteiger partial charge on any atom is -0.326 e. The van der Waals surface area contributed by atoms with Crippen LogP contribution in [-0.4, -0.2) is 39.5 Å². The molecular weight excluding hydrogens is 361 g/mol. The van der Waals surface area contributed by atoms with Gasteiger partial charge in [0, 0.05) is 29.2 Å². The molecule has 118 valence electrons. The molecule has 0 aromatic heterocycles. The van der Waals surface area contributed by atoms with Gasteiger partial charge in [-0.05, 0) is 38.6 Å². The van der Waals surface area contributed by atoms with Crippen molar-refractivity contribution in [1.82, 2.24) is 9.62 Å². The van der Waals surface area contributed by atoms with Gasteiger partial charge in [0.2, 0.25) is 10.0 Å². The highest BCUT2D eigenvalue weighted by Gasteiger charge is 2.26. The number of hydrogen-bond acceptors (Lipinski definition) is 4. The summed E-state index contributed by atoms with van der Waals surface area (Å²) in [6.07, 6.45) is 1.99. The van der Waals surface area contributed by atoms with Crippen molar-refractivity contribution < 1.29 is 12.8 Å². The molecule has 0 radical (unpaired) electrons. The Morgan fingerprint density at radius 2 is 2.24 bits per heavy atom. The fourth-order valence-electron chi connectivity index (χ4n) is 2.48. The van der Waals surface area contributed by atoms with Crippen molar-refractivity contribution in [3.05, 3.63) is 28.0 Å². The highest BCUT2D eigenvalue weighted by molar-refractivity contribution is 9.10. The van der Waals surface area contributed by atoms with E-state index in [2.05, 4.69) is 25.6 Å². The number of nitrogens with one attached hydrogen (secondary N) is 1. The SMILES string of the molecule is CN1CCCC1CNS(=O)(=O)c1cc(Br)cc(CN)c1F. The van der Waals surface area contributed by atoms with Crippen molar-refractivity contribution in [2.24, 2.45) is 5.73 Å². The molecular formula is C13H19BrFN3O2S. The minimum atomic E-state index is -3.89. The number of nitrogens with two attached hydrogens (primary N) is 1. The van der Waals surface area contributed by atoms with E-state index in [1.54, 1.807) is 0 Å². The minimum absolute atomic E-state index is 0.0564. The van der Waals surface area contributed by atoms with Gasteiger partial charge in [-0.15, -0.1) is 0 Å². The van der Waals surface area contributed by atoms with Crippen LogP contribution in [-0.2, 0) is 16.6 Å². The van der Waals surface area contributed by atoms with Gasteiger partial charge < -0.3 is 10.6 Å². The Morgan fingerprint density at radius 3 is 2.81 bits per heavy atom. The Hall–Kier alpha value is -0.540. The molecule has 2 rings (SSSR count). The molecule has 1 heterocycles. The molecule has 1 aromatic rings. The normalized spacial score (nSPS) is 20.1. The molecule has 0 amide bonds. The lowest BCUT2D eigenvalue weighted by Crippen LogP contribution is -2.38. The first kappa shape index (κ1) is 16.8. The third-order valence-electron chi connectivity index (χ3n) is 3.77. The number of halogens is 2.